The predicted molar refractivity (Wildman–Crippen MR) is 60.5 cm³/mol. The predicted octanol–water partition coefficient (Wildman–Crippen LogP) is 1.79. The molecule has 1 aromatic heterocycles. The third kappa shape index (κ3) is 3.94. The van der Waals surface area contributed by atoms with E-state index in [4.69, 9.17) is 16.8 Å². The number of amides is 2. The van der Waals surface area contributed by atoms with E-state index in [1.54, 1.807) is 0 Å². The van der Waals surface area contributed by atoms with Crippen LogP contribution in [0.25, 0.3) is 0 Å². The Balaban J connectivity index is 2.92. The lowest BCUT2D eigenvalue weighted by molar-refractivity contribution is 0.185. The van der Waals surface area contributed by atoms with Gasteiger partial charge < -0.3 is 10.5 Å². The molecule has 0 aliphatic rings. The van der Waals surface area contributed by atoms with Crippen LogP contribution in [0.3, 0.4) is 0 Å². The van der Waals surface area contributed by atoms with Crippen LogP contribution < -0.4 is 10.7 Å². The molecular formula is C10H14ClN3O2. The van der Waals surface area contributed by atoms with Gasteiger partial charge in [0, 0.05) is 17.8 Å². The Kier molecular flexibility index (Phi) is 3.59. The number of carbonyl (C=O) groups excluding carboxylic acids is 1. The highest BCUT2D eigenvalue weighted by atomic mass is 35.5. The summed E-state index contributed by atoms with van der Waals surface area (Å²) in [5, 5.41) is 12.3. The van der Waals surface area contributed by atoms with Gasteiger partial charge in [0.2, 0.25) is 0 Å². The third-order valence-electron chi connectivity index (χ3n) is 1.58. The summed E-state index contributed by atoms with van der Waals surface area (Å²) < 4.78 is 0.738. The van der Waals surface area contributed by atoms with Crippen LogP contribution in [0.15, 0.2) is 23.3 Å². The van der Waals surface area contributed by atoms with Gasteiger partial charge in [-0.15, -0.1) is 0 Å². The molecule has 0 bridgehead atoms. The monoisotopic (exact) mass is 243 g/mol. The lowest BCUT2D eigenvalue weighted by Crippen LogP contribution is -2.39. The highest BCUT2D eigenvalue weighted by Crippen LogP contribution is 2.01. The largest absolute Gasteiger partial charge is 0.428 e. The van der Waals surface area contributed by atoms with Crippen LogP contribution in [0.4, 0.5) is 4.79 Å². The van der Waals surface area contributed by atoms with Crippen molar-refractivity contribution in [3.05, 3.63) is 28.8 Å². The molecule has 0 radical (unpaired) electrons. The smallest absolute Gasteiger partial charge is 0.341 e. The number of urea groups is 1. The third-order valence-corrected chi connectivity index (χ3v) is 1.87. The van der Waals surface area contributed by atoms with Crippen molar-refractivity contribution >= 4 is 17.6 Å². The van der Waals surface area contributed by atoms with Crippen molar-refractivity contribution in [2.45, 2.75) is 26.3 Å². The first-order valence-corrected chi connectivity index (χ1v) is 5.10. The summed E-state index contributed by atoms with van der Waals surface area (Å²) in [6, 6.07) is 2.43. The number of hydrogen-bond acceptors (Lipinski definition) is 2. The van der Waals surface area contributed by atoms with Gasteiger partial charge in [0.15, 0.2) is 0 Å². The first-order chi connectivity index (χ1) is 7.28. The van der Waals surface area contributed by atoms with Crippen molar-refractivity contribution < 1.29 is 10.0 Å². The van der Waals surface area contributed by atoms with Crippen molar-refractivity contribution in [3.8, 4) is 0 Å². The number of hydrogen-bond donors (Lipinski definition) is 2. The minimum Gasteiger partial charge on any atom is -0.428 e. The van der Waals surface area contributed by atoms with E-state index >= 15 is 0 Å². The van der Waals surface area contributed by atoms with Crippen molar-refractivity contribution in [2.24, 2.45) is 4.99 Å². The molecule has 0 aliphatic heterocycles. The maximum absolute atomic E-state index is 11.4. The maximum Gasteiger partial charge on any atom is 0.341 e. The summed E-state index contributed by atoms with van der Waals surface area (Å²) in [6.45, 7) is 5.58. The SMILES string of the molecule is CC(C)(C)NC(=O)N=c1ccn(O)c(Cl)c1. The van der Waals surface area contributed by atoms with Gasteiger partial charge in [0.25, 0.3) is 0 Å². The Labute approximate surface area is 98.3 Å². The molecule has 1 rings (SSSR count). The standard InChI is InChI=1S/C10H14ClN3O2/c1-10(2,3)13-9(15)12-7-4-5-14(16)8(11)6-7/h4-6,16H,1-3H3,(H,13,15). The number of nitrogens with zero attached hydrogens (tertiary/aromatic N) is 2. The normalized spacial score (nSPS) is 12.6. The minimum atomic E-state index is -0.445. The molecule has 0 unspecified atom stereocenters. The van der Waals surface area contributed by atoms with E-state index in [1.165, 1.54) is 18.3 Å². The molecule has 16 heavy (non-hydrogen) atoms. The molecular weight excluding hydrogens is 230 g/mol. The molecule has 1 heterocycles. The molecule has 2 amide bonds. The van der Waals surface area contributed by atoms with Crippen LogP contribution in [0.2, 0.25) is 5.15 Å². The minimum absolute atomic E-state index is 0.0878. The summed E-state index contributed by atoms with van der Waals surface area (Å²) in [5.74, 6) is 0. The summed E-state index contributed by atoms with van der Waals surface area (Å²) in [4.78, 5) is 15.2. The molecule has 5 nitrogen and oxygen atoms in total. The van der Waals surface area contributed by atoms with Gasteiger partial charge in [-0.1, -0.05) is 11.6 Å². The van der Waals surface area contributed by atoms with Crippen molar-refractivity contribution in [3.63, 3.8) is 0 Å². The zero-order chi connectivity index (χ0) is 12.3. The van der Waals surface area contributed by atoms with Gasteiger partial charge in [-0.3, -0.25) is 0 Å². The molecule has 2 N–H and O–H groups in total. The lowest BCUT2D eigenvalue weighted by Gasteiger charge is -2.18. The van der Waals surface area contributed by atoms with Crippen LogP contribution >= 0.6 is 11.6 Å². The summed E-state index contributed by atoms with van der Waals surface area (Å²) in [6.07, 6.45) is 1.31. The Bertz CT molecular complexity index is 460. The fraction of sp³-hybridized carbons (Fsp3) is 0.400. The van der Waals surface area contributed by atoms with Crippen molar-refractivity contribution in [2.75, 3.05) is 0 Å². The van der Waals surface area contributed by atoms with Gasteiger partial charge in [-0.05, 0) is 26.8 Å². The van der Waals surface area contributed by atoms with E-state index < -0.39 is 6.03 Å². The van der Waals surface area contributed by atoms with E-state index in [1.807, 2.05) is 20.8 Å². The zero-order valence-electron chi connectivity index (χ0n) is 9.36. The number of nitrogens with one attached hydrogen (secondary N) is 1. The fourth-order valence-electron chi connectivity index (χ4n) is 0.990. The Morgan fingerprint density at radius 2 is 2.19 bits per heavy atom. The Morgan fingerprint density at radius 3 is 2.69 bits per heavy atom. The first-order valence-electron chi connectivity index (χ1n) is 4.72. The number of aromatic nitrogens is 1. The van der Waals surface area contributed by atoms with Gasteiger partial charge in [0.05, 0.1) is 5.36 Å². The van der Waals surface area contributed by atoms with E-state index in [-0.39, 0.29) is 10.7 Å². The van der Waals surface area contributed by atoms with E-state index in [0.29, 0.717) is 5.36 Å². The van der Waals surface area contributed by atoms with Crippen LogP contribution in [-0.4, -0.2) is 21.5 Å². The van der Waals surface area contributed by atoms with Crippen LogP contribution in [-0.2, 0) is 0 Å². The topological polar surface area (TPSA) is 66.6 Å². The van der Waals surface area contributed by atoms with Gasteiger partial charge in [0.1, 0.15) is 5.15 Å². The second-order valence-corrected chi connectivity index (χ2v) is 4.73. The van der Waals surface area contributed by atoms with Gasteiger partial charge in [-0.25, -0.2) is 4.79 Å². The second kappa shape index (κ2) is 4.57. The van der Waals surface area contributed by atoms with Crippen molar-refractivity contribution in [1.82, 2.24) is 10.0 Å². The molecule has 88 valence electrons. The van der Waals surface area contributed by atoms with E-state index in [9.17, 15) is 4.79 Å². The number of halogens is 1. The summed E-state index contributed by atoms with van der Waals surface area (Å²) >= 11 is 5.65. The fourth-order valence-corrected chi connectivity index (χ4v) is 1.16. The van der Waals surface area contributed by atoms with Crippen LogP contribution in [0.5, 0.6) is 0 Å². The number of carbonyl (C=O) groups is 1. The number of rotatable bonds is 0. The Morgan fingerprint density at radius 1 is 1.56 bits per heavy atom. The average molecular weight is 244 g/mol. The first kappa shape index (κ1) is 12.6. The average Bonchev–Trinajstić information content (AvgIpc) is 2.08. The molecule has 0 atom stereocenters. The summed E-state index contributed by atoms with van der Waals surface area (Å²) in [5.41, 5.74) is -0.337. The molecule has 0 saturated heterocycles. The Hall–Kier alpha value is -1.49. The molecule has 0 aromatic carbocycles. The molecule has 0 spiro atoms. The zero-order valence-corrected chi connectivity index (χ0v) is 10.1. The summed E-state index contributed by atoms with van der Waals surface area (Å²) in [7, 11) is 0. The van der Waals surface area contributed by atoms with Crippen LogP contribution in [0, 0.1) is 0 Å². The van der Waals surface area contributed by atoms with E-state index in [0.717, 1.165) is 4.73 Å². The highest BCUT2D eigenvalue weighted by molar-refractivity contribution is 6.29. The van der Waals surface area contributed by atoms with Crippen molar-refractivity contribution in [1.29, 1.82) is 0 Å². The van der Waals surface area contributed by atoms with Crippen LogP contribution in [0.1, 0.15) is 20.8 Å². The molecule has 1 aromatic rings. The van der Waals surface area contributed by atoms with E-state index in [2.05, 4.69) is 10.3 Å². The van der Waals surface area contributed by atoms with Gasteiger partial charge in [-0.2, -0.15) is 9.72 Å². The maximum atomic E-state index is 11.4. The molecule has 0 aliphatic carbocycles. The second-order valence-electron chi connectivity index (χ2n) is 4.34. The lowest BCUT2D eigenvalue weighted by atomic mass is 10.1. The highest BCUT2D eigenvalue weighted by Gasteiger charge is 2.12. The molecule has 0 fully saturated rings. The number of pyridine rings is 1. The molecule has 0 saturated carbocycles. The quantitative estimate of drug-likeness (QED) is 0.539. The molecule has 6 heteroatoms. The van der Waals surface area contributed by atoms with Gasteiger partial charge >= 0.3 is 6.03 Å².